The smallest absolute Gasteiger partial charge is 0.336 e. The Morgan fingerprint density at radius 1 is 0.833 bits per heavy atom. The summed E-state index contributed by atoms with van der Waals surface area (Å²) in [6, 6.07) is 16.6. The van der Waals surface area contributed by atoms with Gasteiger partial charge in [0.2, 0.25) is 0 Å². The number of benzene rings is 2. The third kappa shape index (κ3) is 1.86. The van der Waals surface area contributed by atoms with E-state index in [4.69, 9.17) is 10.2 Å². The van der Waals surface area contributed by atoms with Gasteiger partial charge < -0.3 is 10.2 Å². The standard InChI is InChI=1S/C15H11NO2/c16-13-5-1-10(2-6-13)11-3-7-14-12(9-11)4-8-15(17)18-14/h1-9H,16H2. The van der Waals surface area contributed by atoms with Crippen molar-refractivity contribution < 1.29 is 4.42 Å². The Balaban J connectivity index is 2.16. The van der Waals surface area contributed by atoms with E-state index in [1.54, 1.807) is 6.07 Å². The quantitative estimate of drug-likeness (QED) is 0.522. The minimum Gasteiger partial charge on any atom is -0.423 e. The van der Waals surface area contributed by atoms with E-state index in [1.165, 1.54) is 6.07 Å². The van der Waals surface area contributed by atoms with Crippen LogP contribution in [0.5, 0.6) is 0 Å². The Kier molecular flexibility index (Phi) is 2.38. The van der Waals surface area contributed by atoms with Crippen LogP contribution in [-0.2, 0) is 0 Å². The number of anilines is 1. The average molecular weight is 237 g/mol. The lowest BCUT2D eigenvalue weighted by Gasteiger charge is -2.03. The lowest BCUT2D eigenvalue weighted by molar-refractivity contribution is 0.561. The second-order valence-electron chi connectivity index (χ2n) is 4.13. The van der Waals surface area contributed by atoms with E-state index in [0.29, 0.717) is 5.58 Å². The first kappa shape index (κ1) is 10.6. The van der Waals surface area contributed by atoms with E-state index in [0.717, 1.165) is 22.2 Å². The topological polar surface area (TPSA) is 56.2 Å². The highest BCUT2D eigenvalue weighted by molar-refractivity contribution is 5.83. The summed E-state index contributed by atoms with van der Waals surface area (Å²) >= 11 is 0. The van der Waals surface area contributed by atoms with Crippen LogP contribution in [0.2, 0.25) is 0 Å². The normalized spacial score (nSPS) is 10.7. The lowest BCUT2D eigenvalue weighted by Crippen LogP contribution is -1.94. The fourth-order valence-electron chi connectivity index (χ4n) is 1.93. The summed E-state index contributed by atoms with van der Waals surface area (Å²) in [4.78, 5) is 11.1. The molecule has 0 amide bonds. The van der Waals surface area contributed by atoms with Crippen LogP contribution in [0.1, 0.15) is 0 Å². The monoisotopic (exact) mass is 237 g/mol. The molecule has 0 saturated heterocycles. The van der Waals surface area contributed by atoms with Crippen molar-refractivity contribution in [1.82, 2.24) is 0 Å². The molecule has 0 aliphatic heterocycles. The summed E-state index contributed by atoms with van der Waals surface area (Å²) in [6.07, 6.45) is 0. The molecule has 3 aromatic rings. The number of nitrogen functional groups attached to an aromatic ring is 1. The summed E-state index contributed by atoms with van der Waals surface area (Å²) in [5.41, 5.74) is 8.82. The largest absolute Gasteiger partial charge is 0.423 e. The van der Waals surface area contributed by atoms with Crippen molar-refractivity contribution in [3.8, 4) is 11.1 Å². The van der Waals surface area contributed by atoms with Crippen molar-refractivity contribution in [3.63, 3.8) is 0 Å². The molecule has 0 saturated carbocycles. The van der Waals surface area contributed by atoms with Gasteiger partial charge in [0.15, 0.2) is 0 Å². The first-order valence-corrected chi connectivity index (χ1v) is 5.62. The molecular weight excluding hydrogens is 226 g/mol. The van der Waals surface area contributed by atoms with Crippen molar-refractivity contribution in [2.75, 3.05) is 5.73 Å². The number of rotatable bonds is 1. The van der Waals surface area contributed by atoms with Crippen molar-refractivity contribution in [1.29, 1.82) is 0 Å². The molecule has 2 N–H and O–H groups in total. The van der Waals surface area contributed by atoms with Gasteiger partial charge in [-0.15, -0.1) is 0 Å². The van der Waals surface area contributed by atoms with Gasteiger partial charge in [-0.25, -0.2) is 4.79 Å². The summed E-state index contributed by atoms with van der Waals surface area (Å²) in [5, 5.41) is 0.906. The molecule has 3 rings (SSSR count). The summed E-state index contributed by atoms with van der Waals surface area (Å²) in [5.74, 6) is 0. The SMILES string of the molecule is Nc1ccc(-c2ccc3oc(=O)ccc3c2)cc1. The van der Waals surface area contributed by atoms with Gasteiger partial charge in [0.1, 0.15) is 5.58 Å². The second kappa shape index (κ2) is 4.04. The highest BCUT2D eigenvalue weighted by Crippen LogP contribution is 2.24. The van der Waals surface area contributed by atoms with Crippen LogP contribution in [0.4, 0.5) is 5.69 Å². The van der Waals surface area contributed by atoms with E-state index in [-0.39, 0.29) is 5.63 Å². The molecule has 3 nitrogen and oxygen atoms in total. The molecule has 2 aromatic carbocycles. The van der Waals surface area contributed by atoms with Gasteiger partial charge >= 0.3 is 5.63 Å². The zero-order valence-electron chi connectivity index (χ0n) is 9.59. The van der Waals surface area contributed by atoms with E-state index < -0.39 is 0 Å². The van der Waals surface area contributed by atoms with E-state index in [1.807, 2.05) is 42.5 Å². The highest BCUT2D eigenvalue weighted by atomic mass is 16.4. The zero-order chi connectivity index (χ0) is 12.5. The van der Waals surface area contributed by atoms with Crippen LogP contribution in [0, 0.1) is 0 Å². The molecule has 0 spiro atoms. The average Bonchev–Trinajstić information content (AvgIpc) is 2.39. The molecule has 0 atom stereocenters. The molecular formula is C15H11NO2. The van der Waals surface area contributed by atoms with Crippen molar-refractivity contribution in [2.24, 2.45) is 0 Å². The maximum absolute atomic E-state index is 11.1. The molecule has 1 aromatic heterocycles. The molecule has 88 valence electrons. The molecule has 0 unspecified atom stereocenters. The lowest BCUT2D eigenvalue weighted by atomic mass is 10.0. The van der Waals surface area contributed by atoms with Crippen LogP contribution in [0.25, 0.3) is 22.1 Å². The Bertz CT molecular complexity index is 757. The van der Waals surface area contributed by atoms with Crippen LogP contribution < -0.4 is 11.4 Å². The fourth-order valence-corrected chi connectivity index (χ4v) is 1.93. The molecule has 3 heteroatoms. The maximum Gasteiger partial charge on any atom is 0.336 e. The molecule has 0 radical (unpaired) electrons. The van der Waals surface area contributed by atoms with Gasteiger partial charge in [0, 0.05) is 17.1 Å². The molecule has 1 heterocycles. The van der Waals surface area contributed by atoms with Gasteiger partial charge in [0.05, 0.1) is 0 Å². The van der Waals surface area contributed by atoms with Gasteiger partial charge in [-0.2, -0.15) is 0 Å². The number of fused-ring (bicyclic) bond motifs is 1. The van der Waals surface area contributed by atoms with Crippen molar-refractivity contribution in [2.45, 2.75) is 0 Å². The zero-order valence-corrected chi connectivity index (χ0v) is 9.59. The first-order valence-electron chi connectivity index (χ1n) is 5.62. The third-order valence-corrected chi connectivity index (χ3v) is 2.86. The molecule has 0 aliphatic rings. The molecule has 18 heavy (non-hydrogen) atoms. The number of hydrogen-bond donors (Lipinski definition) is 1. The van der Waals surface area contributed by atoms with Crippen molar-refractivity contribution in [3.05, 3.63) is 65.0 Å². The first-order chi connectivity index (χ1) is 8.72. The fraction of sp³-hybridized carbons (Fsp3) is 0. The van der Waals surface area contributed by atoms with Crippen molar-refractivity contribution >= 4 is 16.7 Å². The molecule has 0 aliphatic carbocycles. The maximum atomic E-state index is 11.1. The number of nitrogens with two attached hydrogens (primary N) is 1. The molecule has 0 fully saturated rings. The Labute approximate surface area is 103 Å². The Morgan fingerprint density at radius 2 is 1.56 bits per heavy atom. The predicted molar refractivity (Wildman–Crippen MR) is 72.3 cm³/mol. The third-order valence-electron chi connectivity index (χ3n) is 2.86. The number of hydrogen-bond acceptors (Lipinski definition) is 3. The summed E-state index contributed by atoms with van der Waals surface area (Å²) in [7, 11) is 0. The molecule has 0 bridgehead atoms. The highest BCUT2D eigenvalue weighted by Gasteiger charge is 2.01. The van der Waals surface area contributed by atoms with E-state index >= 15 is 0 Å². The minimum absolute atomic E-state index is 0.331. The second-order valence-corrected chi connectivity index (χ2v) is 4.13. The Hall–Kier alpha value is -2.55. The minimum atomic E-state index is -0.331. The Morgan fingerprint density at radius 3 is 2.33 bits per heavy atom. The van der Waals surface area contributed by atoms with E-state index in [9.17, 15) is 4.79 Å². The summed E-state index contributed by atoms with van der Waals surface area (Å²) in [6.45, 7) is 0. The predicted octanol–water partition coefficient (Wildman–Crippen LogP) is 3.04. The van der Waals surface area contributed by atoms with Crippen LogP contribution in [-0.4, -0.2) is 0 Å². The summed E-state index contributed by atoms with van der Waals surface area (Å²) < 4.78 is 5.10. The van der Waals surface area contributed by atoms with Gasteiger partial charge in [0.25, 0.3) is 0 Å². The van der Waals surface area contributed by atoms with Crippen LogP contribution >= 0.6 is 0 Å². The van der Waals surface area contributed by atoms with Gasteiger partial charge in [-0.1, -0.05) is 18.2 Å². The van der Waals surface area contributed by atoms with Crippen LogP contribution in [0.3, 0.4) is 0 Å². The van der Waals surface area contributed by atoms with Gasteiger partial charge in [-0.05, 0) is 41.5 Å². The van der Waals surface area contributed by atoms with Gasteiger partial charge in [-0.3, -0.25) is 0 Å². The van der Waals surface area contributed by atoms with E-state index in [2.05, 4.69) is 0 Å². The van der Waals surface area contributed by atoms with Crippen LogP contribution in [0.15, 0.2) is 63.8 Å².